The van der Waals surface area contributed by atoms with Gasteiger partial charge < -0.3 is 10.1 Å². The molecule has 92 valence electrons. The van der Waals surface area contributed by atoms with Gasteiger partial charge in [-0.3, -0.25) is 0 Å². The average Bonchev–Trinajstić information content (AvgIpc) is 2.64. The lowest BCUT2D eigenvalue weighted by atomic mass is 10.2. The fourth-order valence-electron chi connectivity index (χ4n) is 1.41. The predicted octanol–water partition coefficient (Wildman–Crippen LogP) is 1.06. The van der Waals surface area contributed by atoms with Crippen LogP contribution in [0.1, 0.15) is 26.6 Å². The van der Waals surface area contributed by atoms with E-state index < -0.39 is 0 Å². The van der Waals surface area contributed by atoms with Crippen molar-refractivity contribution in [2.45, 2.75) is 33.9 Å². The van der Waals surface area contributed by atoms with Gasteiger partial charge in [-0.25, -0.2) is 9.67 Å². The molecule has 1 aromatic heterocycles. The maximum absolute atomic E-state index is 5.24. The Balaban J connectivity index is 2.27. The van der Waals surface area contributed by atoms with Crippen molar-refractivity contribution in [3.63, 3.8) is 0 Å². The summed E-state index contributed by atoms with van der Waals surface area (Å²) in [7, 11) is 0. The molecule has 1 aromatic rings. The zero-order valence-electron chi connectivity index (χ0n) is 10.4. The Bertz CT molecular complexity index is 285. The van der Waals surface area contributed by atoms with Crippen molar-refractivity contribution < 1.29 is 4.74 Å². The molecule has 0 unspecified atom stereocenters. The van der Waals surface area contributed by atoms with Gasteiger partial charge in [0.25, 0.3) is 0 Å². The van der Waals surface area contributed by atoms with Gasteiger partial charge in [-0.15, -0.1) is 0 Å². The molecule has 0 spiro atoms. The molecule has 1 N–H and O–H groups in total. The second-order valence-electron chi connectivity index (χ2n) is 4.13. The van der Waals surface area contributed by atoms with Crippen LogP contribution in [-0.4, -0.2) is 34.5 Å². The maximum Gasteiger partial charge on any atom is 0.140 e. The molecule has 16 heavy (non-hydrogen) atoms. The van der Waals surface area contributed by atoms with E-state index in [4.69, 9.17) is 4.74 Å². The fraction of sp³-hybridized carbons (Fsp3) is 0.818. The number of rotatable bonds is 8. The Morgan fingerprint density at radius 2 is 2.31 bits per heavy atom. The summed E-state index contributed by atoms with van der Waals surface area (Å²) >= 11 is 0. The third-order valence-corrected chi connectivity index (χ3v) is 2.14. The molecule has 0 fully saturated rings. The molecule has 1 heterocycles. The lowest BCUT2D eigenvalue weighted by molar-refractivity contribution is 0.149. The molecule has 5 heteroatoms. The van der Waals surface area contributed by atoms with Gasteiger partial charge in [0.05, 0.1) is 13.2 Å². The highest BCUT2D eigenvalue weighted by Gasteiger charge is 2.05. The largest absolute Gasteiger partial charge is 0.380 e. The van der Waals surface area contributed by atoms with Crippen LogP contribution in [0.3, 0.4) is 0 Å². The summed E-state index contributed by atoms with van der Waals surface area (Å²) in [5.41, 5.74) is 0. The van der Waals surface area contributed by atoms with Crippen molar-refractivity contribution in [3.8, 4) is 0 Å². The molecule has 0 aliphatic rings. The SMILES string of the molecule is CCOCCNCc1ncnn1CC(C)C. The standard InChI is InChI=1S/C11H22N4O/c1-4-16-6-5-12-7-11-13-9-14-15(11)8-10(2)3/h9-10,12H,4-8H2,1-3H3. The Labute approximate surface area is 97.2 Å². The second-order valence-corrected chi connectivity index (χ2v) is 4.13. The minimum Gasteiger partial charge on any atom is -0.380 e. The average molecular weight is 226 g/mol. The lowest BCUT2D eigenvalue weighted by Crippen LogP contribution is -2.22. The van der Waals surface area contributed by atoms with Gasteiger partial charge in [-0.1, -0.05) is 13.8 Å². The van der Waals surface area contributed by atoms with Crippen LogP contribution < -0.4 is 5.32 Å². The quantitative estimate of drug-likeness (QED) is 0.673. The van der Waals surface area contributed by atoms with Gasteiger partial charge in [-0.05, 0) is 12.8 Å². The van der Waals surface area contributed by atoms with Gasteiger partial charge in [0.1, 0.15) is 12.2 Å². The summed E-state index contributed by atoms with van der Waals surface area (Å²) in [5, 5.41) is 7.49. The van der Waals surface area contributed by atoms with E-state index in [0.717, 1.165) is 38.7 Å². The van der Waals surface area contributed by atoms with Gasteiger partial charge in [0, 0.05) is 19.7 Å². The smallest absolute Gasteiger partial charge is 0.140 e. The normalized spacial score (nSPS) is 11.2. The third-order valence-electron chi connectivity index (χ3n) is 2.14. The summed E-state index contributed by atoms with van der Waals surface area (Å²) in [4.78, 5) is 4.24. The minimum absolute atomic E-state index is 0.587. The van der Waals surface area contributed by atoms with Crippen molar-refractivity contribution in [2.24, 2.45) is 5.92 Å². The molecule has 1 rings (SSSR count). The summed E-state index contributed by atoms with van der Waals surface area (Å²) in [6.45, 7) is 10.4. The van der Waals surface area contributed by atoms with Crippen molar-refractivity contribution in [3.05, 3.63) is 12.2 Å². The van der Waals surface area contributed by atoms with Gasteiger partial charge in [0.15, 0.2) is 0 Å². The highest BCUT2D eigenvalue weighted by atomic mass is 16.5. The molecule has 0 atom stereocenters. The minimum atomic E-state index is 0.587. The fourth-order valence-corrected chi connectivity index (χ4v) is 1.41. The van der Waals surface area contributed by atoms with Crippen LogP contribution in [0, 0.1) is 5.92 Å². The van der Waals surface area contributed by atoms with Crippen LogP contribution in [0.4, 0.5) is 0 Å². The number of nitrogens with zero attached hydrogens (tertiary/aromatic N) is 3. The molecule has 0 aliphatic heterocycles. The zero-order chi connectivity index (χ0) is 11.8. The van der Waals surface area contributed by atoms with E-state index in [1.807, 2.05) is 11.6 Å². The van der Waals surface area contributed by atoms with E-state index in [0.29, 0.717) is 5.92 Å². The van der Waals surface area contributed by atoms with Crippen molar-refractivity contribution in [1.82, 2.24) is 20.1 Å². The number of aromatic nitrogens is 3. The van der Waals surface area contributed by atoms with Crippen LogP contribution >= 0.6 is 0 Å². The molecule has 0 aliphatic carbocycles. The van der Waals surface area contributed by atoms with Crippen molar-refractivity contribution in [2.75, 3.05) is 19.8 Å². The maximum atomic E-state index is 5.24. The highest BCUT2D eigenvalue weighted by molar-refractivity contribution is 4.83. The third kappa shape index (κ3) is 4.72. The summed E-state index contributed by atoms with van der Waals surface area (Å²) in [6.07, 6.45) is 1.61. The first-order valence-electron chi connectivity index (χ1n) is 5.89. The van der Waals surface area contributed by atoms with Crippen molar-refractivity contribution >= 4 is 0 Å². The first kappa shape index (κ1) is 13.1. The molecule has 0 saturated heterocycles. The van der Waals surface area contributed by atoms with Crippen LogP contribution in [0.2, 0.25) is 0 Å². The zero-order valence-corrected chi connectivity index (χ0v) is 10.4. The first-order valence-corrected chi connectivity index (χ1v) is 5.89. The molecule has 0 radical (unpaired) electrons. The van der Waals surface area contributed by atoms with Gasteiger partial charge >= 0.3 is 0 Å². The predicted molar refractivity (Wildman–Crippen MR) is 63.1 cm³/mol. The number of ether oxygens (including phenoxy) is 1. The first-order chi connectivity index (χ1) is 7.74. The van der Waals surface area contributed by atoms with Crippen molar-refractivity contribution in [1.29, 1.82) is 0 Å². The summed E-state index contributed by atoms with van der Waals surface area (Å²) in [5.74, 6) is 1.58. The monoisotopic (exact) mass is 226 g/mol. The number of hydrogen-bond donors (Lipinski definition) is 1. The van der Waals surface area contributed by atoms with E-state index in [-0.39, 0.29) is 0 Å². The van der Waals surface area contributed by atoms with E-state index in [9.17, 15) is 0 Å². The molecular weight excluding hydrogens is 204 g/mol. The molecule has 5 nitrogen and oxygen atoms in total. The van der Waals surface area contributed by atoms with E-state index >= 15 is 0 Å². The molecular formula is C11H22N4O. The summed E-state index contributed by atoms with van der Waals surface area (Å²) in [6, 6.07) is 0. The van der Waals surface area contributed by atoms with Gasteiger partial charge in [0.2, 0.25) is 0 Å². The highest BCUT2D eigenvalue weighted by Crippen LogP contribution is 2.00. The van der Waals surface area contributed by atoms with Gasteiger partial charge in [-0.2, -0.15) is 5.10 Å². The number of hydrogen-bond acceptors (Lipinski definition) is 4. The Kier molecular flexibility index (Phi) is 6.03. The van der Waals surface area contributed by atoms with Crippen LogP contribution in [0.25, 0.3) is 0 Å². The molecule has 0 saturated carbocycles. The van der Waals surface area contributed by atoms with E-state index in [1.54, 1.807) is 6.33 Å². The molecule has 0 aromatic carbocycles. The Morgan fingerprint density at radius 3 is 3.00 bits per heavy atom. The topological polar surface area (TPSA) is 52.0 Å². The van der Waals surface area contributed by atoms with Crippen LogP contribution in [-0.2, 0) is 17.8 Å². The van der Waals surface area contributed by atoms with Crippen LogP contribution in [0.5, 0.6) is 0 Å². The van der Waals surface area contributed by atoms with Crippen LogP contribution in [0.15, 0.2) is 6.33 Å². The van der Waals surface area contributed by atoms with E-state index in [2.05, 4.69) is 29.2 Å². The molecule has 0 bridgehead atoms. The Morgan fingerprint density at radius 1 is 1.50 bits per heavy atom. The van der Waals surface area contributed by atoms with E-state index in [1.165, 1.54) is 0 Å². The number of nitrogens with one attached hydrogen (secondary N) is 1. The summed E-state index contributed by atoms with van der Waals surface area (Å²) < 4.78 is 7.20. The molecule has 0 amide bonds. The second kappa shape index (κ2) is 7.35. The Hall–Kier alpha value is -0.940. The lowest BCUT2D eigenvalue weighted by Gasteiger charge is -2.09.